The average Bonchev–Trinajstić information content (AvgIpc) is 2.80. The van der Waals surface area contributed by atoms with Crippen molar-refractivity contribution in [3.8, 4) is 11.1 Å². The fourth-order valence-electron chi connectivity index (χ4n) is 3.10. The number of aliphatic imine (C=N–C) groups is 1. The lowest BCUT2D eigenvalue weighted by Crippen LogP contribution is -2.15. The zero-order valence-corrected chi connectivity index (χ0v) is 17.9. The lowest BCUT2D eigenvalue weighted by atomic mass is 10.0. The van der Waals surface area contributed by atoms with Crippen LogP contribution in [-0.2, 0) is 0 Å². The van der Waals surface area contributed by atoms with E-state index in [9.17, 15) is 0 Å². The Balaban J connectivity index is 0.000000179. The first-order chi connectivity index (χ1) is 15.0. The van der Waals surface area contributed by atoms with Gasteiger partial charge in [-0.15, -0.1) is 0 Å². The van der Waals surface area contributed by atoms with Crippen LogP contribution >= 0.6 is 0 Å². The number of hydrogen-bond acceptors (Lipinski definition) is 1. The first-order valence-corrected chi connectivity index (χ1v) is 10.2. The normalized spacial score (nSPS) is 10.7. The Morgan fingerprint density at radius 1 is 0.613 bits per heavy atom. The molecule has 3 nitrogen and oxygen atoms in total. The number of hydrogen-bond donors (Lipinski definition) is 2. The molecule has 0 radical (unpaired) electrons. The van der Waals surface area contributed by atoms with Crippen molar-refractivity contribution in [2.45, 2.75) is 13.8 Å². The Morgan fingerprint density at radius 2 is 1.06 bits per heavy atom. The minimum Gasteiger partial charge on any atom is -0.383 e. The molecule has 3 heteroatoms. The predicted octanol–water partition coefficient (Wildman–Crippen LogP) is 6.39. The topological polar surface area (TPSA) is 62.2 Å². The summed E-state index contributed by atoms with van der Waals surface area (Å²) in [6.07, 6.45) is 0. The lowest BCUT2D eigenvalue weighted by molar-refractivity contribution is 1.40. The molecule has 0 saturated carbocycles. The van der Waals surface area contributed by atoms with E-state index in [-0.39, 0.29) is 5.84 Å². The molecular weight excluding hydrogens is 378 g/mol. The summed E-state index contributed by atoms with van der Waals surface area (Å²) < 4.78 is 0. The number of amidine groups is 2. The van der Waals surface area contributed by atoms with E-state index in [2.05, 4.69) is 67.4 Å². The van der Waals surface area contributed by atoms with Gasteiger partial charge in [0.2, 0.25) is 0 Å². The van der Waals surface area contributed by atoms with Crippen LogP contribution in [0.25, 0.3) is 11.1 Å². The summed E-state index contributed by atoms with van der Waals surface area (Å²) in [6, 6.07) is 36.0. The number of rotatable bonds is 3. The highest BCUT2D eigenvalue weighted by atomic mass is 14.9. The van der Waals surface area contributed by atoms with Gasteiger partial charge in [0, 0.05) is 11.1 Å². The van der Waals surface area contributed by atoms with Gasteiger partial charge < -0.3 is 5.73 Å². The molecule has 31 heavy (non-hydrogen) atoms. The van der Waals surface area contributed by atoms with Gasteiger partial charge in [-0.1, -0.05) is 120 Å². The minimum absolute atomic E-state index is 0.173. The van der Waals surface area contributed by atoms with Gasteiger partial charge in [0.25, 0.3) is 0 Å². The highest BCUT2D eigenvalue weighted by Gasteiger charge is 2.01. The molecule has 4 aromatic rings. The summed E-state index contributed by atoms with van der Waals surface area (Å²) >= 11 is 0. The Bertz CT molecular complexity index is 1120. The van der Waals surface area contributed by atoms with Gasteiger partial charge in [0.15, 0.2) is 5.84 Å². The van der Waals surface area contributed by atoms with Crippen LogP contribution in [0.1, 0.15) is 22.3 Å². The highest BCUT2D eigenvalue weighted by Crippen LogP contribution is 2.20. The molecule has 0 aromatic heterocycles. The number of nitrogens with two attached hydrogens (primary N) is 1. The van der Waals surface area contributed by atoms with E-state index in [1.807, 2.05) is 60.7 Å². The van der Waals surface area contributed by atoms with Crippen molar-refractivity contribution < 1.29 is 0 Å². The van der Waals surface area contributed by atoms with Crippen LogP contribution in [0.2, 0.25) is 0 Å². The third-order valence-electron chi connectivity index (χ3n) is 4.72. The second-order valence-corrected chi connectivity index (χ2v) is 7.32. The Kier molecular flexibility index (Phi) is 7.50. The second-order valence-electron chi connectivity index (χ2n) is 7.32. The molecule has 0 bridgehead atoms. The molecule has 0 saturated heterocycles. The molecular formula is C28H27N3. The summed E-state index contributed by atoms with van der Waals surface area (Å²) in [5.41, 5.74) is 12.6. The quantitative estimate of drug-likeness (QED) is 0.301. The van der Waals surface area contributed by atoms with Gasteiger partial charge in [-0.2, -0.15) is 0 Å². The summed E-state index contributed by atoms with van der Waals surface area (Å²) in [5, 5.41) is 7.84. The summed E-state index contributed by atoms with van der Waals surface area (Å²) in [6.45, 7) is 4.25. The van der Waals surface area contributed by atoms with Crippen molar-refractivity contribution in [3.63, 3.8) is 0 Å². The number of aryl methyl sites for hydroxylation is 2. The van der Waals surface area contributed by atoms with Crippen LogP contribution in [0.5, 0.6) is 0 Å². The van der Waals surface area contributed by atoms with Gasteiger partial charge in [-0.25, -0.2) is 4.99 Å². The molecule has 0 aliphatic heterocycles. The fraction of sp³-hybridized carbons (Fsp3) is 0.0714. The van der Waals surface area contributed by atoms with Crippen LogP contribution in [-0.4, -0.2) is 11.7 Å². The van der Waals surface area contributed by atoms with Crippen molar-refractivity contribution >= 4 is 11.7 Å². The van der Waals surface area contributed by atoms with Crippen molar-refractivity contribution in [1.82, 2.24) is 0 Å². The van der Waals surface area contributed by atoms with Crippen LogP contribution in [0.4, 0.5) is 0 Å². The summed E-state index contributed by atoms with van der Waals surface area (Å²) in [7, 11) is 0. The molecule has 0 aliphatic carbocycles. The maximum Gasteiger partial charge on any atom is 0.154 e. The average molecular weight is 406 g/mol. The first-order valence-electron chi connectivity index (χ1n) is 10.2. The molecule has 0 spiro atoms. The highest BCUT2D eigenvalue weighted by molar-refractivity contribution is 6.09. The number of nitrogens with zero attached hydrogens (tertiary/aromatic N) is 1. The van der Waals surface area contributed by atoms with E-state index < -0.39 is 0 Å². The smallest absolute Gasteiger partial charge is 0.154 e. The molecule has 3 N–H and O–H groups in total. The fourth-order valence-corrected chi connectivity index (χ4v) is 3.10. The molecule has 0 atom stereocenters. The van der Waals surface area contributed by atoms with Gasteiger partial charge in [-0.05, 0) is 25.0 Å². The Hall–Kier alpha value is -3.98. The molecule has 4 aromatic carbocycles. The largest absolute Gasteiger partial charge is 0.383 e. The van der Waals surface area contributed by atoms with Gasteiger partial charge in [0.05, 0.1) is 0 Å². The summed E-state index contributed by atoms with van der Waals surface area (Å²) in [5.74, 6) is 0.534. The van der Waals surface area contributed by atoms with Crippen molar-refractivity contribution in [2.75, 3.05) is 0 Å². The van der Waals surface area contributed by atoms with Crippen LogP contribution in [0.15, 0.2) is 114 Å². The van der Waals surface area contributed by atoms with E-state index in [0.717, 1.165) is 11.1 Å². The van der Waals surface area contributed by atoms with E-state index in [0.29, 0.717) is 5.84 Å². The minimum atomic E-state index is 0.173. The molecule has 0 unspecified atom stereocenters. The third kappa shape index (κ3) is 6.51. The first kappa shape index (κ1) is 21.7. The van der Waals surface area contributed by atoms with Crippen molar-refractivity contribution in [3.05, 3.63) is 131 Å². The standard InChI is InChI=1S/C14H13N3.C14H14/c15-13(11-7-3-1-4-8-11)17-14(16)12-9-5-2-6-10-12;1-11-5-3-7-13(9-11)14-8-4-6-12(2)10-14/h1-10H,(H3,15,16,17);3-10H,1-2H3. The third-order valence-corrected chi connectivity index (χ3v) is 4.72. The zero-order valence-electron chi connectivity index (χ0n) is 17.9. The van der Waals surface area contributed by atoms with E-state index >= 15 is 0 Å². The number of benzene rings is 4. The Morgan fingerprint density at radius 3 is 1.52 bits per heavy atom. The Labute approximate surface area is 184 Å². The van der Waals surface area contributed by atoms with E-state index in [4.69, 9.17) is 11.1 Å². The van der Waals surface area contributed by atoms with Crippen LogP contribution < -0.4 is 5.73 Å². The maximum absolute atomic E-state index is 7.84. The molecule has 0 amide bonds. The predicted molar refractivity (Wildman–Crippen MR) is 132 cm³/mol. The molecule has 0 heterocycles. The van der Waals surface area contributed by atoms with Crippen LogP contribution in [0, 0.1) is 19.3 Å². The van der Waals surface area contributed by atoms with Gasteiger partial charge in [0.1, 0.15) is 5.84 Å². The summed E-state index contributed by atoms with van der Waals surface area (Å²) in [4.78, 5) is 4.10. The maximum atomic E-state index is 7.84. The monoisotopic (exact) mass is 405 g/mol. The SMILES string of the molecule is Cc1cccc(-c2cccc(C)c2)c1.N=C(N=C(N)c1ccccc1)c1ccccc1. The van der Waals surface area contributed by atoms with Crippen molar-refractivity contribution in [2.24, 2.45) is 10.7 Å². The van der Waals surface area contributed by atoms with E-state index in [1.165, 1.54) is 22.3 Å². The molecule has 154 valence electrons. The van der Waals surface area contributed by atoms with Gasteiger partial charge >= 0.3 is 0 Å². The molecule has 4 rings (SSSR count). The van der Waals surface area contributed by atoms with E-state index in [1.54, 1.807) is 0 Å². The molecule has 0 aliphatic rings. The molecule has 0 fully saturated rings. The van der Waals surface area contributed by atoms with Crippen LogP contribution in [0.3, 0.4) is 0 Å². The van der Waals surface area contributed by atoms with Crippen molar-refractivity contribution in [1.29, 1.82) is 5.41 Å². The zero-order chi connectivity index (χ0) is 22.1. The van der Waals surface area contributed by atoms with Gasteiger partial charge in [-0.3, -0.25) is 5.41 Å². The second kappa shape index (κ2) is 10.7. The number of nitrogens with one attached hydrogen (secondary N) is 1. The lowest BCUT2D eigenvalue weighted by Gasteiger charge is -2.03.